The maximum Gasteiger partial charge on any atom is 0.243 e. The molecule has 7 heteroatoms. The van der Waals surface area contributed by atoms with Gasteiger partial charge in [-0.1, -0.05) is 57.3 Å². The highest BCUT2D eigenvalue weighted by molar-refractivity contribution is 9.10. The molecule has 1 N–H and O–H groups in total. The lowest BCUT2D eigenvalue weighted by Crippen LogP contribution is -2.39. The molecule has 1 aliphatic heterocycles. The SMILES string of the molecule is O=C(N/N=C\c1ccc(Cl)cc1Cl)C1CCN(Cc2ccc(Br)cc2)CC1. The Morgan fingerprint density at radius 3 is 2.56 bits per heavy atom. The number of piperidine rings is 1. The van der Waals surface area contributed by atoms with Crippen molar-refractivity contribution in [3.8, 4) is 0 Å². The minimum absolute atomic E-state index is 0.0102. The minimum atomic E-state index is -0.0420. The molecule has 0 unspecified atom stereocenters. The predicted molar refractivity (Wildman–Crippen MR) is 114 cm³/mol. The van der Waals surface area contributed by atoms with Crippen molar-refractivity contribution in [2.45, 2.75) is 19.4 Å². The second-order valence-corrected chi connectivity index (χ2v) is 8.34. The fraction of sp³-hybridized carbons (Fsp3) is 0.300. The number of hydrogen-bond donors (Lipinski definition) is 1. The normalized spacial score (nSPS) is 16.0. The third-order valence-corrected chi connectivity index (χ3v) is 5.71. The fourth-order valence-corrected chi connectivity index (χ4v) is 3.79. The van der Waals surface area contributed by atoms with Gasteiger partial charge in [0.05, 0.1) is 11.2 Å². The van der Waals surface area contributed by atoms with Crippen LogP contribution < -0.4 is 5.43 Å². The molecule has 0 aromatic heterocycles. The van der Waals surface area contributed by atoms with Gasteiger partial charge in [0.1, 0.15) is 0 Å². The topological polar surface area (TPSA) is 44.7 Å². The number of hydrogen-bond acceptors (Lipinski definition) is 3. The van der Waals surface area contributed by atoms with Crippen LogP contribution in [0.3, 0.4) is 0 Å². The second kappa shape index (κ2) is 9.69. The molecule has 0 aliphatic carbocycles. The molecule has 4 nitrogen and oxygen atoms in total. The Morgan fingerprint density at radius 2 is 1.89 bits per heavy atom. The third-order valence-electron chi connectivity index (χ3n) is 4.62. The standard InChI is InChI=1S/C20H20BrCl2N3O/c21-17-4-1-14(2-5-17)13-26-9-7-15(8-10-26)20(27)25-24-12-16-3-6-18(22)11-19(16)23/h1-6,11-12,15H,7-10,13H2,(H,25,27)/b24-12-. The van der Waals surface area contributed by atoms with Crippen molar-refractivity contribution in [3.05, 3.63) is 68.1 Å². The second-order valence-electron chi connectivity index (χ2n) is 6.58. The van der Waals surface area contributed by atoms with Crippen molar-refractivity contribution in [1.82, 2.24) is 10.3 Å². The number of hydrazone groups is 1. The van der Waals surface area contributed by atoms with Gasteiger partial charge in [-0.25, -0.2) is 5.43 Å². The van der Waals surface area contributed by atoms with E-state index in [9.17, 15) is 4.79 Å². The zero-order valence-corrected chi connectivity index (χ0v) is 17.8. The van der Waals surface area contributed by atoms with E-state index in [4.69, 9.17) is 23.2 Å². The van der Waals surface area contributed by atoms with Gasteiger partial charge in [-0.3, -0.25) is 9.69 Å². The Balaban J connectivity index is 1.45. The smallest absolute Gasteiger partial charge is 0.243 e. The van der Waals surface area contributed by atoms with Gasteiger partial charge in [-0.15, -0.1) is 0 Å². The number of halogens is 3. The van der Waals surface area contributed by atoms with Gasteiger partial charge in [0, 0.05) is 27.5 Å². The molecule has 1 saturated heterocycles. The summed E-state index contributed by atoms with van der Waals surface area (Å²) in [5, 5.41) is 5.10. The Bertz CT molecular complexity index is 818. The van der Waals surface area contributed by atoms with Crippen LogP contribution in [0.4, 0.5) is 0 Å². The first kappa shape index (κ1) is 20.3. The number of carbonyl (C=O) groups is 1. The van der Waals surface area contributed by atoms with Gasteiger partial charge in [0.2, 0.25) is 5.91 Å². The van der Waals surface area contributed by atoms with Crippen molar-refractivity contribution in [2.24, 2.45) is 11.0 Å². The first-order chi connectivity index (χ1) is 13.0. The van der Waals surface area contributed by atoms with Crippen molar-refractivity contribution in [3.63, 3.8) is 0 Å². The average Bonchev–Trinajstić information content (AvgIpc) is 2.66. The van der Waals surface area contributed by atoms with Crippen LogP contribution in [-0.2, 0) is 11.3 Å². The molecular formula is C20H20BrCl2N3O. The zero-order chi connectivity index (χ0) is 19.2. The third kappa shape index (κ3) is 6.04. The predicted octanol–water partition coefficient (Wildman–Crippen LogP) is 5.12. The van der Waals surface area contributed by atoms with E-state index in [0.717, 1.165) is 36.9 Å². The highest BCUT2D eigenvalue weighted by atomic mass is 79.9. The number of amides is 1. The maximum atomic E-state index is 12.3. The minimum Gasteiger partial charge on any atom is -0.299 e. The number of rotatable bonds is 5. The first-order valence-electron chi connectivity index (χ1n) is 8.76. The summed E-state index contributed by atoms with van der Waals surface area (Å²) in [6.07, 6.45) is 3.21. The molecule has 27 heavy (non-hydrogen) atoms. The van der Waals surface area contributed by atoms with Crippen LogP contribution in [0.15, 0.2) is 52.0 Å². The fourth-order valence-electron chi connectivity index (χ4n) is 3.06. The van der Waals surface area contributed by atoms with Crippen LogP contribution in [0.2, 0.25) is 10.0 Å². The molecule has 0 spiro atoms. The van der Waals surface area contributed by atoms with Gasteiger partial charge in [0.25, 0.3) is 0 Å². The molecule has 0 bridgehead atoms. The lowest BCUT2D eigenvalue weighted by atomic mass is 9.96. The molecule has 0 radical (unpaired) electrons. The average molecular weight is 469 g/mol. The number of nitrogens with zero attached hydrogens (tertiary/aromatic N) is 2. The van der Waals surface area contributed by atoms with Gasteiger partial charge >= 0.3 is 0 Å². The van der Waals surface area contributed by atoms with Crippen LogP contribution >= 0.6 is 39.1 Å². The molecular weight excluding hydrogens is 449 g/mol. The van der Waals surface area contributed by atoms with Crippen LogP contribution in [0.1, 0.15) is 24.0 Å². The van der Waals surface area contributed by atoms with E-state index in [1.54, 1.807) is 24.4 Å². The highest BCUT2D eigenvalue weighted by Crippen LogP contribution is 2.21. The molecule has 0 saturated carbocycles. The van der Waals surface area contributed by atoms with Crippen LogP contribution in [0.5, 0.6) is 0 Å². The van der Waals surface area contributed by atoms with E-state index in [1.165, 1.54) is 5.56 Å². The van der Waals surface area contributed by atoms with Gasteiger partial charge in [0.15, 0.2) is 0 Å². The lowest BCUT2D eigenvalue weighted by Gasteiger charge is -2.30. The van der Waals surface area contributed by atoms with Crippen molar-refractivity contribution in [2.75, 3.05) is 13.1 Å². The number of likely N-dealkylation sites (tertiary alicyclic amines) is 1. The van der Waals surface area contributed by atoms with Crippen LogP contribution in [0, 0.1) is 5.92 Å². The summed E-state index contributed by atoms with van der Waals surface area (Å²) < 4.78 is 1.09. The Kier molecular flexibility index (Phi) is 7.30. The molecule has 1 fully saturated rings. The molecule has 2 aromatic carbocycles. The summed E-state index contributed by atoms with van der Waals surface area (Å²) in [6.45, 7) is 2.72. The van der Waals surface area contributed by atoms with Crippen LogP contribution in [0.25, 0.3) is 0 Å². The van der Waals surface area contributed by atoms with Gasteiger partial charge < -0.3 is 0 Å². The Morgan fingerprint density at radius 1 is 1.19 bits per heavy atom. The van der Waals surface area contributed by atoms with E-state index in [2.05, 4.69) is 55.6 Å². The molecule has 1 heterocycles. The molecule has 0 atom stereocenters. The van der Waals surface area contributed by atoms with E-state index in [-0.39, 0.29) is 11.8 Å². The lowest BCUT2D eigenvalue weighted by molar-refractivity contribution is -0.126. The highest BCUT2D eigenvalue weighted by Gasteiger charge is 2.24. The first-order valence-corrected chi connectivity index (χ1v) is 10.3. The monoisotopic (exact) mass is 467 g/mol. The summed E-state index contributed by atoms with van der Waals surface area (Å²) >= 11 is 15.4. The van der Waals surface area contributed by atoms with Crippen LogP contribution in [-0.4, -0.2) is 30.1 Å². The van der Waals surface area contributed by atoms with E-state index >= 15 is 0 Å². The maximum absolute atomic E-state index is 12.3. The largest absolute Gasteiger partial charge is 0.299 e. The molecule has 1 amide bonds. The van der Waals surface area contributed by atoms with Gasteiger partial charge in [-0.2, -0.15) is 5.10 Å². The Hall–Kier alpha value is -1.40. The quantitative estimate of drug-likeness (QED) is 0.489. The van der Waals surface area contributed by atoms with E-state index in [1.807, 2.05) is 0 Å². The molecule has 3 rings (SSSR count). The van der Waals surface area contributed by atoms with Crippen molar-refractivity contribution < 1.29 is 4.79 Å². The Labute approximate surface area is 177 Å². The molecule has 142 valence electrons. The molecule has 1 aliphatic rings. The number of carbonyl (C=O) groups excluding carboxylic acids is 1. The summed E-state index contributed by atoms with van der Waals surface area (Å²) in [4.78, 5) is 14.7. The number of nitrogens with one attached hydrogen (secondary N) is 1. The number of benzene rings is 2. The summed E-state index contributed by atoms with van der Waals surface area (Å²) in [5.74, 6) is -0.0522. The molecule has 2 aromatic rings. The van der Waals surface area contributed by atoms with E-state index < -0.39 is 0 Å². The zero-order valence-electron chi connectivity index (χ0n) is 14.7. The van der Waals surface area contributed by atoms with Gasteiger partial charge in [-0.05, 0) is 55.8 Å². The summed E-state index contributed by atoms with van der Waals surface area (Å²) in [6, 6.07) is 13.5. The van der Waals surface area contributed by atoms with Crippen molar-refractivity contribution in [1.29, 1.82) is 0 Å². The summed E-state index contributed by atoms with van der Waals surface area (Å²) in [7, 11) is 0. The van der Waals surface area contributed by atoms with E-state index in [0.29, 0.717) is 15.6 Å². The summed E-state index contributed by atoms with van der Waals surface area (Å²) in [5.41, 5.74) is 4.63. The van der Waals surface area contributed by atoms with Crippen molar-refractivity contribution >= 4 is 51.3 Å².